The molecule has 10 nitrogen and oxygen atoms in total. The van der Waals surface area contributed by atoms with Gasteiger partial charge in [-0.05, 0) is 96.3 Å². The molecular formula is C34H41N5O5S. The van der Waals surface area contributed by atoms with E-state index >= 15 is 0 Å². The van der Waals surface area contributed by atoms with Gasteiger partial charge in [-0.3, -0.25) is 4.79 Å². The first-order valence-electron chi connectivity index (χ1n) is 14.8. The number of likely N-dealkylation sites (tertiary alicyclic amines) is 1. The van der Waals surface area contributed by atoms with Gasteiger partial charge in [-0.15, -0.1) is 0 Å². The average molecular weight is 632 g/mol. The number of ether oxygens (including phenoxy) is 1. The molecule has 0 radical (unpaired) electrons. The Morgan fingerprint density at radius 3 is 2.13 bits per heavy atom. The summed E-state index contributed by atoms with van der Waals surface area (Å²) >= 11 is 0. The van der Waals surface area contributed by atoms with Gasteiger partial charge in [-0.1, -0.05) is 36.4 Å². The molecule has 4 rings (SSSR count). The first-order valence-corrected chi connectivity index (χ1v) is 16.3. The SMILES string of the molecule is CC(C)(C)NS(=O)(=O)c1ccccc1-c1ccc(NC(=O)C2(Nc3cccc(C#N)c3)CCN(C(=O)OC(C)(C)C)CC2)cc1. The molecule has 0 bridgehead atoms. The lowest BCUT2D eigenvalue weighted by Gasteiger charge is -2.41. The molecule has 11 heteroatoms. The Morgan fingerprint density at radius 1 is 0.889 bits per heavy atom. The summed E-state index contributed by atoms with van der Waals surface area (Å²) in [5.74, 6) is -0.293. The van der Waals surface area contributed by atoms with Crippen molar-refractivity contribution >= 4 is 33.4 Å². The maximum absolute atomic E-state index is 14.0. The van der Waals surface area contributed by atoms with Crippen LogP contribution in [-0.2, 0) is 19.6 Å². The molecule has 1 saturated heterocycles. The van der Waals surface area contributed by atoms with Crippen LogP contribution in [0.15, 0.2) is 77.7 Å². The zero-order chi connectivity index (χ0) is 33.0. The van der Waals surface area contributed by atoms with Crippen molar-refractivity contribution in [3.63, 3.8) is 0 Å². The van der Waals surface area contributed by atoms with Crippen molar-refractivity contribution in [2.24, 2.45) is 0 Å². The number of hydrogen-bond acceptors (Lipinski definition) is 7. The molecule has 1 aliphatic rings. The Balaban J connectivity index is 1.57. The second kappa shape index (κ2) is 12.9. The summed E-state index contributed by atoms with van der Waals surface area (Å²) in [7, 11) is -3.79. The number of nitrogens with zero attached hydrogens (tertiary/aromatic N) is 2. The van der Waals surface area contributed by atoms with Gasteiger partial charge in [0, 0.05) is 35.6 Å². The molecule has 0 atom stereocenters. The van der Waals surface area contributed by atoms with Crippen molar-refractivity contribution in [2.45, 2.75) is 76.0 Å². The van der Waals surface area contributed by atoms with Gasteiger partial charge in [0.1, 0.15) is 11.1 Å². The molecule has 0 aromatic heterocycles. The Labute approximate surface area is 265 Å². The number of sulfonamides is 1. The van der Waals surface area contributed by atoms with Gasteiger partial charge in [-0.25, -0.2) is 17.9 Å². The normalized spacial score (nSPS) is 15.1. The maximum atomic E-state index is 14.0. The second-order valence-electron chi connectivity index (χ2n) is 13.3. The van der Waals surface area contributed by atoms with Crippen molar-refractivity contribution in [3.05, 3.63) is 78.4 Å². The molecule has 45 heavy (non-hydrogen) atoms. The highest BCUT2D eigenvalue weighted by molar-refractivity contribution is 7.89. The summed E-state index contributed by atoms with van der Waals surface area (Å²) in [5.41, 5.74) is 0.446. The fourth-order valence-corrected chi connectivity index (χ4v) is 6.78. The van der Waals surface area contributed by atoms with Crippen LogP contribution >= 0.6 is 0 Å². The summed E-state index contributed by atoms with van der Waals surface area (Å²) in [4.78, 5) is 28.5. The first-order chi connectivity index (χ1) is 21.0. The highest BCUT2D eigenvalue weighted by Crippen LogP contribution is 2.32. The average Bonchev–Trinajstić information content (AvgIpc) is 2.96. The van der Waals surface area contributed by atoms with Gasteiger partial charge < -0.3 is 20.3 Å². The van der Waals surface area contributed by atoms with Crippen LogP contribution in [0.2, 0.25) is 0 Å². The fourth-order valence-electron chi connectivity index (χ4n) is 5.13. The van der Waals surface area contributed by atoms with Crippen LogP contribution in [0.1, 0.15) is 59.9 Å². The summed E-state index contributed by atoms with van der Waals surface area (Å²) in [5, 5.41) is 15.8. The molecule has 0 unspecified atom stereocenters. The van der Waals surface area contributed by atoms with Crippen molar-refractivity contribution in [2.75, 3.05) is 23.7 Å². The molecule has 0 spiro atoms. The Morgan fingerprint density at radius 2 is 1.53 bits per heavy atom. The largest absolute Gasteiger partial charge is 0.444 e. The summed E-state index contributed by atoms with van der Waals surface area (Å²) in [6, 6.07) is 22.8. The molecule has 0 aliphatic carbocycles. The lowest BCUT2D eigenvalue weighted by molar-refractivity contribution is -0.121. The van der Waals surface area contributed by atoms with Crippen molar-refractivity contribution < 1.29 is 22.7 Å². The van der Waals surface area contributed by atoms with E-state index in [0.29, 0.717) is 54.0 Å². The predicted octanol–water partition coefficient (Wildman–Crippen LogP) is 6.12. The molecule has 3 N–H and O–H groups in total. The fraction of sp³-hybridized carbons (Fsp3) is 0.382. The lowest BCUT2D eigenvalue weighted by Crippen LogP contribution is -2.57. The third-order valence-corrected chi connectivity index (χ3v) is 8.97. The zero-order valence-electron chi connectivity index (χ0n) is 26.6. The molecule has 1 heterocycles. The van der Waals surface area contributed by atoms with Gasteiger partial charge in [0.05, 0.1) is 16.5 Å². The zero-order valence-corrected chi connectivity index (χ0v) is 27.4. The minimum absolute atomic E-state index is 0.163. The highest BCUT2D eigenvalue weighted by Gasteiger charge is 2.43. The minimum Gasteiger partial charge on any atom is -0.444 e. The van der Waals surface area contributed by atoms with Crippen LogP contribution in [0.4, 0.5) is 16.2 Å². The van der Waals surface area contributed by atoms with E-state index in [0.717, 1.165) is 0 Å². The molecular weight excluding hydrogens is 590 g/mol. The van der Waals surface area contributed by atoms with Crippen LogP contribution in [0.3, 0.4) is 0 Å². The number of piperidine rings is 1. The number of carbonyl (C=O) groups is 2. The van der Waals surface area contributed by atoms with Gasteiger partial charge in [-0.2, -0.15) is 5.26 Å². The number of nitriles is 1. The Kier molecular flexibility index (Phi) is 9.61. The van der Waals surface area contributed by atoms with Gasteiger partial charge in [0.25, 0.3) is 0 Å². The smallest absolute Gasteiger partial charge is 0.410 e. The lowest BCUT2D eigenvalue weighted by atomic mass is 9.85. The number of amides is 2. The third-order valence-electron chi connectivity index (χ3n) is 7.15. The number of rotatable bonds is 7. The molecule has 3 aromatic carbocycles. The Hall–Kier alpha value is -4.40. The van der Waals surface area contributed by atoms with E-state index in [-0.39, 0.29) is 10.8 Å². The van der Waals surface area contributed by atoms with Crippen molar-refractivity contribution in [3.8, 4) is 17.2 Å². The standard InChI is InChI=1S/C34H41N5O5S/c1-32(2,3)38-45(42,43)29-13-8-7-12-28(29)25-14-16-26(17-15-25)36-30(40)34(37-27-11-9-10-24(22-27)23-35)18-20-39(21-19-34)31(41)44-33(4,5)6/h7-17,22,37-38H,18-21H2,1-6H3,(H,36,40). The van der Waals surface area contributed by atoms with Gasteiger partial charge in [0.2, 0.25) is 15.9 Å². The van der Waals surface area contributed by atoms with E-state index in [4.69, 9.17) is 4.74 Å². The molecule has 1 fully saturated rings. The summed E-state index contributed by atoms with van der Waals surface area (Å²) in [6.45, 7) is 11.4. The molecule has 1 aliphatic heterocycles. The molecule has 0 saturated carbocycles. The van der Waals surface area contributed by atoms with Crippen LogP contribution in [0.5, 0.6) is 0 Å². The third kappa shape index (κ3) is 8.62. The van der Waals surface area contributed by atoms with Crippen molar-refractivity contribution in [1.29, 1.82) is 5.26 Å². The second-order valence-corrected chi connectivity index (χ2v) is 14.9. The predicted molar refractivity (Wildman–Crippen MR) is 175 cm³/mol. The number of hydrogen-bond donors (Lipinski definition) is 3. The quantitative estimate of drug-likeness (QED) is 0.285. The van der Waals surface area contributed by atoms with E-state index < -0.39 is 32.8 Å². The summed E-state index contributed by atoms with van der Waals surface area (Å²) < 4.78 is 34.6. The van der Waals surface area contributed by atoms with Crippen LogP contribution in [-0.4, -0.2) is 55.1 Å². The monoisotopic (exact) mass is 631 g/mol. The van der Waals surface area contributed by atoms with E-state index in [2.05, 4.69) is 21.4 Å². The molecule has 3 aromatic rings. The maximum Gasteiger partial charge on any atom is 0.410 e. The highest BCUT2D eigenvalue weighted by atomic mass is 32.2. The van der Waals surface area contributed by atoms with E-state index in [9.17, 15) is 23.3 Å². The Bertz CT molecular complexity index is 1690. The van der Waals surface area contributed by atoms with Crippen LogP contribution < -0.4 is 15.4 Å². The van der Waals surface area contributed by atoms with Gasteiger partial charge >= 0.3 is 6.09 Å². The topological polar surface area (TPSA) is 141 Å². The first kappa shape index (κ1) is 33.5. The number of carbonyl (C=O) groups excluding carboxylic acids is 2. The van der Waals surface area contributed by atoms with E-state index in [1.807, 2.05) is 20.8 Å². The molecule has 238 valence electrons. The van der Waals surface area contributed by atoms with E-state index in [1.54, 1.807) is 98.5 Å². The van der Waals surface area contributed by atoms with Crippen LogP contribution in [0.25, 0.3) is 11.1 Å². The minimum atomic E-state index is -3.79. The molecule has 2 amide bonds. The van der Waals surface area contributed by atoms with Crippen molar-refractivity contribution in [1.82, 2.24) is 9.62 Å². The number of anilines is 2. The van der Waals surface area contributed by atoms with E-state index in [1.165, 1.54) is 0 Å². The van der Waals surface area contributed by atoms with Crippen LogP contribution in [0, 0.1) is 11.3 Å². The van der Waals surface area contributed by atoms with Gasteiger partial charge in [0.15, 0.2) is 0 Å². The number of benzene rings is 3. The number of nitrogens with one attached hydrogen (secondary N) is 3. The summed E-state index contributed by atoms with van der Waals surface area (Å²) in [6.07, 6.45) is 0.177.